The molecule has 1 aliphatic heterocycles. The summed E-state index contributed by atoms with van der Waals surface area (Å²) in [5.41, 5.74) is 2.53. The Hall–Kier alpha value is -4.63. The number of para-hydroxylation sites is 2. The second kappa shape index (κ2) is 13.4. The van der Waals surface area contributed by atoms with Gasteiger partial charge in [0.2, 0.25) is 5.91 Å². The Kier molecular flexibility index (Phi) is 9.12. The first-order valence-corrected chi connectivity index (χ1v) is 15.6. The molecular weight excluding hydrogens is 591 g/mol. The molecule has 2 N–H and O–H groups in total. The summed E-state index contributed by atoms with van der Waals surface area (Å²) in [6, 6.07) is 31.5. The molecule has 4 aromatic carbocycles. The maximum atomic E-state index is 13.7. The highest BCUT2D eigenvalue weighted by Gasteiger charge is 2.49. The fourth-order valence-corrected chi connectivity index (χ4v) is 6.79. The van der Waals surface area contributed by atoms with Crippen molar-refractivity contribution in [1.29, 1.82) is 0 Å². The molecule has 0 aromatic heterocycles. The lowest BCUT2D eigenvalue weighted by atomic mass is 9.73. The van der Waals surface area contributed by atoms with Gasteiger partial charge in [-0.2, -0.15) is 13.2 Å². The van der Waals surface area contributed by atoms with Crippen molar-refractivity contribution in [2.75, 3.05) is 26.2 Å². The molecule has 1 saturated heterocycles. The van der Waals surface area contributed by atoms with Gasteiger partial charge in [0.25, 0.3) is 5.91 Å². The van der Waals surface area contributed by atoms with Crippen LogP contribution in [0.2, 0.25) is 0 Å². The van der Waals surface area contributed by atoms with E-state index in [9.17, 15) is 22.8 Å². The predicted octanol–water partition coefficient (Wildman–Crippen LogP) is 7.10. The van der Waals surface area contributed by atoms with Crippen LogP contribution in [-0.4, -0.2) is 55.1 Å². The number of halogens is 3. The number of unbranched alkanes of at least 4 members (excludes halogenated alkanes) is 1. The van der Waals surface area contributed by atoms with Gasteiger partial charge in [0.1, 0.15) is 23.5 Å². The first-order chi connectivity index (χ1) is 22.2. The molecule has 1 fully saturated rings. The third-order valence-corrected chi connectivity index (χ3v) is 8.89. The highest BCUT2D eigenvalue weighted by Crippen LogP contribution is 2.51. The molecule has 0 bridgehead atoms. The number of likely N-dealkylation sites (tertiary alicyclic amines) is 1. The number of hydrogen-bond donors (Lipinski definition) is 2. The summed E-state index contributed by atoms with van der Waals surface area (Å²) in [4.78, 5) is 29.2. The molecule has 46 heavy (non-hydrogen) atoms. The minimum absolute atomic E-state index is 0.0228. The average Bonchev–Trinajstić information content (AvgIpc) is 3.63. The van der Waals surface area contributed by atoms with Crippen LogP contribution in [0.5, 0.6) is 11.5 Å². The maximum absolute atomic E-state index is 13.7. The van der Waals surface area contributed by atoms with E-state index in [0.717, 1.165) is 48.2 Å². The number of nitrogens with zero attached hydrogens (tertiary/aromatic N) is 1. The van der Waals surface area contributed by atoms with Crippen molar-refractivity contribution in [3.63, 3.8) is 0 Å². The molecule has 4 aromatic rings. The van der Waals surface area contributed by atoms with E-state index in [0.29, 0.717) is 36.4 Å². The highest BCUT2D eigenvalue weighted by atomic mass is 19.4. The largest absolute Gasteiger partial charge is 0.457 e. The Morgan fingerprint density at radius 2 is 1.46 bits per heavy atom. The van der Waals surface area contributed by atoms with Crippen molar-refractivity contribution >= 4 is 11.8 Å². The zero-order valence-corrected chi connectivity index (χ0v) is 25.4. The van der Waals surface area contributed by atoms with Gasteiger partial charge in [-0.15, -0.1) is 0 Å². The lowest BCUT2D eigenvalue weighted by Gasteiger charge is -2.31. The molecule has 238 valence electrons. The number of ether oxygens (including phenoxy) is 1. The smallest absolute Gasteiger partial charge is 0.405 e. The molecular formula is C37H36F3N3O3. The second-order valence-corrected chi connectivity index (χ2v) is 11.9. The summed E-state index contributed by atoms with van der Waals surface area (Å²) in [6.45, 7) is 0.887. The lowest BCUT2D eigenvalue weighted by molar-refractivity contribution is -0.141. The predicted molar refractivity (Wildman–Crippen MR) is 171 cm³/mol. The average molecular weight is 628 g/mol. The molecule has 9 heteroatoms. The number of amides is 2. The van der Waals surface area contributed by atoms with E-state index in [1.165, 1.54) is 0 Å². The van der Waals surface area contributed by atoms with Gasteiger partial charge in [-0.1, -0.05) is 85.3 Å². The van der Waals surface area contributed by atoms with E-state index in [4.69, 9.17) is 4.74 Å². The molecule has 1 unspecified atom stereocenters. The molecule has 1 aliphatic carbocycles. The molecule has 6 rings (SSSR count). The molecule has 1 heterocycles. The molecule has 2 aliphatic rings. The van der Waals surface area contributed by atoms with Crippen LogP contribution in [0.15, 0.2) is 103 Å². The van der Waals surface area contributed by atoms with E-state index in [1.807, 2.05) is 91.0 Å². The Balaban J connectivity index is 1.08. The maximum Gasteiger partial charge on any atom is 0.405 e. The van der Waals surface area contributed by atoms with Crippen LogP contribution >= 0.6 is 0 Å². The molecule has 1 atom stereocenters. The van der Waals surface area contributed by atoms with Gasteiger partial charge in [0.15, 0.2) is 0 Å². The molecule has 0 radical (unpaired) electrons. The summed E-state index contributed by atoms with van der Waals surface area (Å²) >= 11 is 0. The van der Waals surface area contributed by atoms with Crippen molar-refractivity contribution in [2.24, 2.45) is 0 Å². The Morgan fingerprint density at radius 3 is 2.15 bits per heavy atom. The van der Waals surface area contributed by atoms with Gasteiger partial charge in [-0.25, -0.2) is 0 Å². The van der Waals surface area contributed by atoms with Crippen molar-refractivity contribution in [2.45, 2.75) is 43.3 Å². The fourth-order valence-electron chi connectivity index (χ4n) is 6.79. The lowest BCUT2D eigenvalue weighted by Crippen LogP contribution is -2.47. The van der Waals surface area contributed by atoms with Crippen LogP contribution in [0, 0.1) is 0 Å². The Morgan fingerprint density at radius 1 is 0.826 bits per heavy atom. The Labute approximate surface area is 266 Å². The third-order valence-electron chi connectivity index (χ3n) is 8.89. The number of carbonyl (C=O) groups is 2. The number of carbonyl (C=O) groups excluding carboxylic acids is 2. The molecule has 6 nitrogen and oxygen atoms in total. The van der Waals surface area contributed by atoms with Crippen LogP contribution in [0.4, 0.5) is 13.2 Å². The van der Waals surface area contributed by atoms with E-state index >= 15 is 0 Å². The first-order valence-electron chi connectivity index (χ1n) is 15.6. The Bertz CT molecular complexity index is 1650. The summed E-state index contributed by atoms with van der Waals surface area (Å²) in [5.74, 6) is 0.328. The fraction of sp³-hybridized carbons (Fsp3) is 0.297. The van der Waals surface area contributed by atoms with Gasteiger partial charge >= 0.3 is 6.18 Å². The number of fused-ring (bicyclic) bond motifs is 3. The van der Waals surface area contributed by atoms with Crippen LogP contribution in [0.25, 0.3) is 11.1 Å². The molecule has 0 saturated carbocycles. The number of nitrogens with one attached hydrogen (secondary N) is 2. The van der Waals surface area contributed by atoms with Crippen LogP contribution in [-0.2, 0) is 10.2 Å². The summed E-state index contributed by atoms with van der Waals surface area (Å²) in [7, 11) is 0. The quantitative estimate of drug-likeness (QED) is 0.174. The summed E-state index contributed by atoms with van der Waals surface area (Å²) < 4.78 is 45.5. The SMILES string of the molecule is O=C(NC1CCN(CCCCC2(C(=O)NCC(F)(F)F)c3ccccc3-c3ccccc32)C1)c1ccccc1Oc1ccccc1. The number of benzene rings is 4. The minimum atomic E-state index is -4.51. The summed E-state index contributed by atoms with van der Waals surface area (Å²) in [6.07, 6.45) is -1.92. The van der Waals surface area contributed by atoms with E-state index in [2.05, 4.69) is 15.5 Å². The third kappa shape index (κ3) is 6.65. The highest BCUT2D eigenvalue weighted by molar-refractivity contribution is 6.00. The van der Waals surface area contributed by atoms with E-state index in [-0.39, 0.29) is 11.9 Å². The number of hydrogen-bond acceptors (Lipinski definition) is 4. The minimum Gasteiger partial charge on any atom is -0.457 e. The monoisotopic (exact) mass is 627 g/mol. The standard InChI is InChI=1S/C37H36F3N3O3/c38-37(39,40)25-41-35(45)36(31-17-7-4-14-28(31)29-15-5-8-18-32(29)36)21-10-11-22-43-23-20-26(24-43)42-34(44)30-16-6-9-19-33(30)46-27-12-2-1-3-13-27/h1-9,12-19,26H,10-11,20-25H2,(H,41,45)(H,42,44). The van der Waals surface area contributed by atoms with E-state index < -0.39 is 24.0 Å². The van der Waals surface area contributed by atoms with E-state index in [1.54, 1.807) is 12.1 Å². The van der Waals surface area contributed by atoms with Crippen molar-refractivity contribution in [3.8, 4) is 22.6 Å². The second-order valence-electron chi connectivity index (χ2n) is 11.9. The van der Waals surface area contributed by atoms with Crippen molar-refractivity contribution in [3.05, 3.63) is 120 Å². The normalized spacial score (nSPS) is 16.8. The van der Waals surface area contributed by atoms with Crippen molar-refractivity contribution < 1.29 is 27.5 Å². The van der Waals surface area contributed by atoms with Gasteiger partial charge in [-0.05, 0) is 72.3 Å². The number of alkyl halides is 3. The van der Waals surface area contributed by atoms with Crippen LogP contribution in [0.1, 0.15) is 47.2 Å². The first kappa shape index (κ1) is 31.4. The van der Waals surface area contributed by atoms with Crippen molar-refractivity contribution in [1.82, 2.24) is 15.5 Å². The van der Waals surface area contributed by atoms with Crippen LogP contribution in [0.3, 0.4) is 0 Å². The zero-order valence-electron chi connectivity index (χ0n) is 25.4. The molecule has 2 amide bonds. The topological polar surface area (TPSA) is 70.7 Å². The number of rotatable bonds is 11. The van der Waals surface area contributed by atoms with Gasteiger partial charge < -0.3 is 20.3 Å². The van der Waals surface area contributed by atoms with Crippen LogP contribution < -0.4 is 15.4 Å². The van der Waals surface area contributed by atoms with Gasteiger partial charge in [0.05, 0.1) is 5.56 Å². The van der Waals surface area contributed by atoms with Gasteiger partial charge in [0, 0.05) is 19.1 Å². The summed E-state index contributed by atoms with van der Waals surface area (Å²) in [5, 5.41) is 5.35. The van der Waals surface area contributed by atoms with Gasteiger partial charge in [-0.3, -0.25) is 9.59 Å². The zero-order chi connectivity index (χ0) is 32.1. The molecule has 0 spiro atoms.